The third kappa shape index (κ3) is 4.40. The number of nitrogens with one attached hydrogen (secondary N) is 1. The second-order valence-corrected chi connectivity index (χ2v) is 7.90. The SMILES string of the molecule is CC(=O)c1ccc(NC(=O)C[C@H](c2ccc(C)cc2)N2Cc3ccccc3C2=O)cc1. The van der Waals surface area contributed by atoms with Crippen LogP contribution in [-0.4, -0.2) is 22.5 Å². The Labute approximate surface area is 181 Å². The van der Waals surface area contributed by atoms with Crippen molar-refractivity contribution in [3.05, 3.63) is 101 Å². The van der Waals surface area contributed by atoms with Crippen molar-refractivity contribution in [2.75, 3.05) is 5.32 Å². The summed E-state index contributed by atoms with van der Waals surface area (Å²) < 4.78 is 0. The van der Waals surface area contributed by atoms with E-state index >= 15 is 0 Å². The first-order chi connectivity index (χ1) is 14.9. The second kappa shape index (κ2) is 8.56. The predicted molar refractivity (Wildman–Crippen MR) is 120 cm³/mol. The van der Waals surface area contributed by atoms with E-state index in [9.17, 15) is 14.4 Å². The molecule has 0 saturated heterocycles. The Morgan fingerprint density at radius 3 is 2.29 bits per heavy atom. The normalized spacial score (nSPS) is 13.6. The molecule has 0 bridgehead atoms. The summed E-state index contributed by atoms with van der Waals surface area (Å²) in [7, 11) is 0. The molecule has 4 rings (SSSR count). The minimum Gasteiger partial charge on any atom is -0.327 e. The molecule has 156 valence electrons. The zero-order chi connectivity index (χ0) is 22.0. The van der Waals surface area contributed by atoms with Crippen molar-refractivity contribution in [2.45, 2.75) is 32.9 Å². The van der Waals surface area contributed by atoms with Gasteiger partial charge in [-0.25, -0.2) is 0 Å². The largest absolute Gasteiger partial charge is 0.327 e. The number of ketones is 1. The van der Waals surface area contributed by atoms with Gasteiger partial charge in [0, 0.05) is 23.4 Å². The number of aryl methyl sites for hydroxylation is 1. The summed E-state index contributed by atoms with van der Waals surface area (Å²) in [6.07, 6.45) is 0.136. The highest BCUT2D eigenvalue weighted by Gasteiger charge is 2.34. The van der Waals surface area contributed by atoms with Crippen molar-refractivity contribution < 1.29 is 14.4 Å². The maximum Gasteiger partial charge on any atom is 0.255 e. The zero-order valence-electron chi connectivity index (χ0n) is 17.6. The fourth-order valence-corrected chi connectivity index (χ4v) is 3.90. The molecule has 0 unspecified atom stereocenters. The van der Waals surface area contributed by atoms with Crippen LogP contribution in [0.2, 0.25) is 0 Å². The van der Waals surface area contributed by atoms with Gasteiger partial charge < -0.3 is 10.2 Å². The van der Waals surface area contributed by atoms with Gasteiger partial charge >= 0.3 is 0 Å². The number of hydrogen-bond donors (Lipinski definition) is 1. The Kier molecular flexibility index (Phi) is 5.67. The minimum atomic E-state index is -0.378. The molecule has 0 fully saturated rings. The molecule has 31 heavy (non-hydrogen) atoms. The van der Waals surface area contributed by atoms with Gasteiger partial charge in [-0.05, 0) is 55.3 Å². The molecular formula is C26H24N2O3. The number of anilines is 1. The lowest BCUT2D eigenvalue weighted by atomic mass is 10.00. The van der Waals surface area contributed by atoms with Gasteiger partial charge in [-0.3, -0.25) is 14.4 Å². The van der Waals surface area contributed by atoms with Gasteiger partial charge in [0.2, 0.25) is 5.91 Å². The summed E-state index contributed by atoms with van der Waals surface area (Å²) in [5.74, 6) is -0.269. The van der Waals surface area contributed by atoms with Crippen LogP contribution in [-0.2, 0) is 11.3 Å². The molecule has 3 aromatic carbocycles. The third-order valence-corrected chi connectivity index (χ3v) is 5.64. The molecule has 3 aromatic rings. The van der Waals surface area contributed by atoms with Gasteiger partial charge in [0.25, 0.3) is 5.91 Å². The molecule has 1 atom stereocenters. The molecule has 1 aliphatic heterocycles. The average molecular weight is 412 g/mol. The van der Waals surface area contributed by atoms with Gasteiger partial charge in [0.1, 0.15) is 0 Å². The van der Waals surface area contributed by atoms with Crippen molar-refractivity contribution in [3.63, 3.8) is 0 Å². The highest BCUT2D eigenvalue weighted by atomic mass is 16.2. The fraction of sp³-hybridized carbons (Fsp3) is 0.192. The van der Waals surface area contributed by atoms with Gasteiger partial charge in [-0.15, -0.1) is 0 Å². The van der Waals surface area contributed by atoms with E-state index < -0.39 is 0 Å². The van der Waals surface area contributed by atoms with Gasteiger partial charge in [0.05, 0.1) is 12.5 Å². The Morgan fingerprint density at radius 1 is 0.968 bits per heavy atom. The number of hydrogen-bond acceptors (Lipinski definition) is 3. The van der Waals surface area contributed by atoms with Crippen LogP contribution in [0.3, 0.4) is 0 Å². The average Bonchev–Trinajstić information content (AvgIpc) is 3.10. The lowest BCUT2D eigenvalue weighted by molar-refractivity contribution is -0.117. The van der Waals surface area contributed by atoms with Crippen LogP contribution in [0.4, 0.5) is 5.69 Å². The van der Waals surface area contributed by atoms with Crippen LogP contribution in [0.25, 0.3) is 0 Å². The molecule has 5 nitrogen and oxygen atoms in total. The van der Waals surface area contributed by atoms with E-state index in [0.29, 0.717) is 23.4 Å². The lowest BCUT2D eigenvalue weighted by Gasteiger charge is -2.28. The van der Waals surface area contributed by atoms with Crippen LogP contribution >= 0.6 is 0 Å². The molecule has 1 heterocycles. The van der Waals surface area contributed by atoms with Crippen LogP contribution in [0, 0.1) is 6.92 Å². The Balaban J connectivity index is 1.56. The highest BCUT2D eigenvalue weighted by molar-refractivity contribution is 5.99. The third-order valence-electron chi connectivity index (χ3n) is 5.64. The maximum absolute atomic E-state index is 13.1. The first-order valence-corrected chi connectivity index (χ1v) is 10.3. The van der Waals surface area contributed by atoms with Crippen molar-refractivity contribution in [3.8, 4) is 0 Å². The lowest BCUT2D eigenvalue weighted by Crippen LogP contribution is -2.32. The summed E-state index contributed by atoms with van der Waals surface area (Å²) >= 11 is 0. The summed E-state index contributed by atoms with van der Waals surface area (Å²) in [6.45, 7) is 3.99. The molecule has 1 N–H and O–H groups in total. The molecule has 2 amide bonds. The van der Waals surface area contributed by atoms with E-state index in [0.717, 1.165) is 16.7 Å². The number of carbonyl (C=O) groups is 3. The van der Waals surface area contributed by atoms with Crippen molar-refractivity contribution in [1.29, 1.82) is 0 Å². The number of carbonyl (C=O) groups excluding carboxylic acids is 3. The molecule has 5 heteroatoms. The number of Topliss-reactive ketones (excluding diaryl/α,β-unsaturated/α-hetero) is 1. The second-order valence-electron chi connectivity index (χ2n) is 7.90. The molecular weight excluding hydrogens is 388 g/mol. The molecule has 0 radical (unpaired) electrons. The maximum atomic E-state index is 13.1. The van der Waals surface area contributed by atoms with E-state index in [1.807, 2.05) is 55.5 Å². The molecule has 0 spiro atoms. The van der Waals surface area contributed by atoms with Crippen LogP contribution < -0.4 is 5.32 Å². The van der Waals surface area contributed by atoms with Crippen LogP contribution in [0.15, 0.2) is 72.8 Å². The Hall–Kier alpha value is -3.73. The van der Waals surface area contributed by atoms with Gasteiger partial charge in [0.15, 0.2) is 5.78 Å². The number of fused-ring (bicyclic) bond motifs is 1. The fourth-order valence-electron chi connectivity index (χ4n) is 3.90. The molecule has 1 aliphatic rings. The summed E-state index contributed by atoms with van der Waals surface area (Å²) in [5, 5.41) is 2.89. The van der Waals surface area contributed by atoms with E-state index in [1.54, 1.807) is 29.2 Å². The Morgan fingerprint density at radius 2 is 1.65 bits per heavy atom. The highest BCUT2D eigenvalue weighted by Crippen LogP contribution is 2.33. The first-order valence-electron chi connectivity index (χ1n) is 10.3. The number of rotatable bonds is 6. The zero-order valence-corrected chi connectivity index (χ0v) is 17.6. The molecule has 0 saturated carbocycles. The van der Waals surface area contributed by atoms with Crippen molar-refractivity contribution >= 4 is 23.3 Å². The van der Waals surface area contributed by atoms with E-state index in [4.69, 9.17) is 0 Å². The smallest absolute Gasteiger partial charge is 0.255 e. The molecule has 0 aromatic heterocycles. The van der Waals surface area contributed by atoms with E-state index in [-0.39, 0.29) is 30.1 Å². The minimum absolute atomic E-state index is 0.0237. The van der Waals surface area contributed by atoms with Crippen LogP contribution in [0.5, 0.6) is 0 Å². The monoisotopic (exact) mass is 412 g/mol. The quantitative estimate of drug-likeness (QED) is 0.584. The number of nitrogens with zero attached hydrogens (tertiary/aromatic N) is 1. The standard InChI is InChI=1S/C26H24N2O3/c1-17-7-9-20(10-8-17)24(28-16-21-5-3-4-6-23(21)26(28)31)15-25(30)27-22-13-11-19(12-14-22)18(2)29/h3-14,24H,15-16H2,1-2H3,(H,27,30)/t24-/m1/s1. The number of amides is 2. The summed E-state index contributed by atoms with van der Waals surface area (Å²) in [6, 6.07) is 21.9. The van der Waals surface area contributed by atoms with E-state index in [1.165, 1.54) is 6.92 Å². The van der Waals surface area contributed by atoms with Gasteiger partial charge in [-0.2, -0.15) is 0 Å². The Bertz CT molecular complexity index is 1130. The first kappa shape index (κ1) is 20.5. The number of benzene rings is 3. The van der Waals surface area contributed by atoms with E-state index in [2.05, 4.69) is 5.32 Å². The van der Waals surface area contributed by atoms with Gasteiger partial charge in [-0.1, -0.05) is 48.0 Å². The predicted octanol–water partition coefficient (Wildman–Crippen LogP) is 4.92. The van der Waals surface area contributed by atoms with Crippen LogP contribution in [0.1, 0.15) is 56.8 Å². The summed E-state index contributed by atoms with van der Waals surface area (Å²) in [4.78, 5) is 39.2. The molecule has 0 aliphatic carbocycles. The summed E-state index contributed by atoms with van der Waals surface area (Å²) in [5.41, 5.74) is 4.93. The van der Waals surface area contributed by atoms with Crippen molar-refractivity contribution in [1.82, 2.24) is 4.90 Å². The topological polar surface area (TPSA) is 66.5 Å². The van der Waals surface area contributed by atoms with Crippen molar-refractivity contribution in [2.24, 2.45) is 0 Å².